The first-order valence-corrected chi connectivity index (χ1v) is 7.17. The summed E-state index contributed by atoms with van der Waals surface area (Å²) >= 11 is 0. The van der Waals surface area contributed by atoms with Crippen LogP contribution in [0.5, 0.6) is 0 Å². The molecule has 0 spiro atoms. The lowest BCUT2D eigenvalue weighted by molar-refractivity contribution is 1.44. The summed E-state index contributed by atoms with van der Waals surface area (Å²) in [6.45, 7) is 16.1. The molecule has 0 aliphatic heterocycles. The fraction of sp³-hybridized carbons (Fsp3) is 0.200. The van der Waals surface area contributed by atoms with Crippen molar-refractivity contribution < 1.29 is 0 Å². The molecule has 20 heavy (non-hydrogen) atoms. The lowest BCUT2D eigenvalue weighted by Gasteiger charge is -2.15. The van der Waals surface area contributed by atoms with Gasteiger partial charge in [-0.3, -0.25) is 0 Å². The van der Waals surface area contributed by atoms with Crippen molar-refractivity contribution in [2.75, 3.05) is 0 Å². The average Bonchev–Trinajstić information content (AvgIpc) is 2.51. The molecular formula is C20H24. The van der Waals surface area contributed by atoms with Crippen LogP contribution in [0, 0.1) is 6.92 Å². The number of hydrogen-bond acceptors (Lipinski definition) is 0. The van der Waals surface area contributed by atoms with Crippen molar-refractivity contribution in [3.8, 4) is 0 Å². The molecule has 0 heteroatoms. The molecule has 2 rings (SSSR count). The highest BCUT2D eigenvalue weighted by Crippen LogP contribution is 2.32. The SMILES string of the molecule is C=Cc1c(C)c(/C=C\C)c2ccccc2c1C=C.CC. The van der Waals surface area contributed by atoms with E-state index >= 15 is 0 Å². The summed E-state index contributed by atoms with van der Waals surface area (Å²) in [6, 6.07) is 8.45. The van der Waals surface area contributed by atoms with Crippen LogP contribution in [0.3, 0.4) is 0 Å². The van der Waals surface area contributed by atoms with Gasteiger partial charge in [-0.25, -0.2) is 0 Å². The van der Waals surface area contributed by atoms with Gasteiger partial charge in [0.2, 0.25) is 0 Å². The summed E-state index contributed by atoms with van der Waals surface area (Å²) in [6.07, 6.45) is 8.09. The molecule has 2 aromatic rings. The van der Waals surface area contributed by atoms with Gasteiger partial charge in [0.05, 0.1) is 0 Å². The Balaban J connectivity index is 0.000000956. The second-order valence-electron chi connectivity index (χ2n) is 4.32. The standard InChI is InChI=1S/C18H18.C2H6/c1-5-10-16-13(4)14(6-2)15(7-3)17-11-8-9-12-18(16)17;1-2/h5-12H,2-3H2,1,4H3;1-2H3/b10-5-;. The zero-order valence-electron chi connectivity index (χ0n) is 13.0. The van der Waals surface area contributed by atoms with E-state index in [-0.39, 0.29) is 0 Å². The van der Waals surface area contributed by atoms with E-state index in [0.717, 1.165) is 0 Å². The molecule has 0 nitrogen and oxygen atoms in total. The number of rotatable bonds is 3. The molecule has 2 aromatic carbocycles. The van der Waals surface area contributed by atoms with Crippen LogP contribution in [-0.4, -0.2) is 0 Å². The Morgan fingerprint density at radius 3 is 1.80 bits per heavy atom. The molecule has 0 atom stereocenters. The fourth-order valence-electron chi connectivity index (χ4n) is 2.51. The van der Waals surface area contributed by atoms with E-state index in [0.29, 0.717) is 0 Å². The maximum Gasteiger partial charge on any atom is -0.00994 e. The Hall–Kier alpha value is -2.08. The lowest BCUT2D eigenvalue weighted by Crippen LogP contribution is -1.94. The van der Waals surface area contributed by atoms with Gasteiger partial charge in [-0.15, -0.1) is 0 Å². The minimum absolute atomic E-state index is 1.17. The van der Waals surface area contributed by atoms with Gasteiger partial charge in [0.15, 0.2) is 0 Å². The number of allylic oxidation sites excluding steroid dienone is 1. The van der Waals surface area contributed by atoms with Crippen molar-refractivity contribution in [3.05, 3.63) is 65.8 Å². The van der Waals surface area contributed by atoms with E-state index in [2.05, 4.69) is 56.5 Å². The first-order valence-electron chi connectivity index (χ1n) is 7.17. The summed E-state index contributed by atoms with van der Waals surface area (Å²) in [4.78, 5) is 0. The molecule has 0 unspecified atom stereocenters. The van der Waals surface area contributed by atoms with E-state index in [1.807, 2.05) is 32.9 Å². The van der Waals surface area contributed by atoms with Crippen molar-refractivity contribution in [1.82, 2.24) is 0 Å². The zero-order valence-corrected chi connectivity index (χ0v) is 13.0. The zero-order chi connectivity index (χ0) is 15.1. The van der Waals surface area contributed by atoms with Gasteiger partial charge in [-0.2, -0.15) is 0 Å². The van der Waals surface area contributed by atoms with Crippen LogP contribution in [-0.2, 0) is 0 Å². The Morgan fingerprint density at radius 1 is 0.850 bits per heavy atom. The third kappa shape index (κ3) is 2.75. The third-order valence-corrected chi connectivity index (χ3v) is 3.35. The van der Waals surface area contributed by atoms with Crippen molar-refractivity contribution >= 4 is 29.0 Å². The van der Waals surface area contributed by atoms with Crippen LogP contribution in [0.15, 0.2) is 43.5 Å². The average molecular weight is 264 g/mol. The van der Waals surface area contributed by atoms with E-state index in [1.165, 1.54) is 33.0 Å². The second-order valence-corrected chi connectivity index (χ2v) is 4.32. The van der Waals surface area contributed by atoms with Crippen LogP contribution in [0.4, 0.5) is 0 Å². The predicted molar refractivity (Wildman–Crippen MR) is 94.9 cm³/mol. The van der Waals surface area contributed by atoms with Crippen LogP contribution in [0.2, 0.25) is 0 Å². The molecular weight excluding hydrogens is 240 g/mol. The highest BCUT2D eigenvalue weighted by Gasteiger charge is 2.10. The van der Waals surface area contributed by atoms with E-state index in [9.17, 15) is 0 Å². The molecule has 0 aliphatic carbocycles. The van der Waals surface area contributed by atoms with Gasteiger partial charge in [0.1, 0.15) is 0 Å². The van der Waals surface area contributed by atoms with E-state index in [4.69, 9.17) is 0 Å². The minimum atomic E-state index is 1.17. The molecule has 0 amide bonds. The molecule has 0 aliphatic rings. The lowest BCUT2D eigenvalue weighted by atomic mass is 9.89. The normalized spacial score (nSPS) is 10.2. The summed E-state index contributed by atoms with van der Waals surface area (Å²) in [5.74, 6) is 0. The molecule has 104 valence electrons. The molecule has 0 saturated carbocycles. The highest BCUT2D eigenvalue weighted by atomic mass is 14.1. The molecule has 0 saturated heterocycles. The van der Waals surface area contributed by atoms with Gasteiger partial charge in [-0.1, -0.05) is 75.6 Å². The summed E-state index contributed by atoms with van der Waals surface area (Å²) in [5, 5.41) is 2.51. The summed E-state index contributed by atoms with van der Waals surface area (Å²) in [7, 11) is 0. The van der Waals surface area contributed by atoms with Crippen LogP contribution < -0.4 is 0 Å². The van der Waals surface area contributed by atoms with Crippen LogP contribution >= 0.6 is 0 Å². The first-order chi connectivity index (χ1) is 9.74. The van der Waals surface area contributed by atoms with Crippen molar-refractivity contribution in [2.24, 2.45) is 0 Å². The Bertz CT molecular complexity index is 643. The molecule has 0 heterocycles. The van der Waals surface area contributed by atoms with E-state index in [1.54, 1.807) is 0 Å². The molecule has 0 fully saturated rings. The van der Waals surface area contributed by atoms with Crippen molar-refractivity contribution in [1.29, 1.82) is 0 Å². The highest BCUT2D eigenvalue weighted by molar-refractivity contribution is 6.00. The van der Waals surface area contributed by atoms with E-state index < -0.39 is 0 Å². The number of benzene rings is 2. The van der Waals surface area contributed by atoms with Crippen molar-refractivity contribution in [2.45, 2.75) is 27.7 Å². The Morgan fingerprint density at radius 2 is 1.35 bits per heavy atom. The van der Waals surface area contributed by atoms with Crippen LogP contribution in [0.25, 0.3) is 29.0 Å². The molecule has 0 aromatic heterocycles. The Kier molecular flexibility index (Phi) is 5.99. The van der Waals surface area contributed by atoms with Gasteiger partial charge >= 0.3 is 0 Å². The van der Waals surface area contributed by atoms with Gasteiger partial charge in [-0.05, 0) is 46.9 Å². The molecule has 0 radical (unpaired) electrons. The summed E-state index contributed by atoms with van der Waals surface area (Å²) in [5.41, 5.74) is 4.88. The molecule has 0 N–H and O–H groups in total. The maximum absolute atomic E-state index is 3.94. The smallest absolute Gasteiger partial charge is 0.00994 e. The van der Waals surface area contributed by atoms with Gasteiger partial charge in [0, 0.05) is 0 Å². The molecule has 0 bridgehead atoms. The predicted octanol–water partition coefficient (Wildman–Crippen LogP) is 6.49. The van der Waals surface area contributed by atoms with Gasteiger partial charge < -0.3 is 0 Å². The third-order valence-electron chi connectivity index (χ3n) is 3.35. The maximum atomic E-state index is 3.94. The quantitative estimate of drug-likeness (QED) is 0.594. The Labute approximate surface area is 123 Å². The number of hydrogen-bond donors (Lipinski definition) is 0. The van der Waals surface area contributed by atoms with Crippen LogP contribution in [0.1, 0.15) is 43.0 Å². The fourth-order valence-corrected chi connectivity index (χ4v) is 2.51. The minimum Gasteiger partial charge on any atom is -0.0984 e. The van der Waals surface area contributed by atoms with Gasteiger partial charge in [0.25, 0.3) is 0 Å². The second kappa shape index (κ2) is 7.49. The topological polar surface area (TPSA) is 0 Å². The number of fused-ring (bicyclic) bond motifs is 1. The summed E-state index contributed by atoms with van der Waals surface area (Å²) < 4.78 is 0. The largest absolute Gasteiger partial charge is 0.0984 e. The van der Waals surface area contributed by atoms with Crippen molar-refractivity contribution in [3.63, 3.8) is 0 Å². The monoisotopic (exact) mass is 264 g/mol. The first kappa shape index (κ1) is 16.0.